The van der Waals surface area contributed by atoms with Gasteiger partial charge in [-0.3, -0.25) is 9.69 Å². The maximum atomic E-state index is 12.6. The van der Waals surface area contributed by atoms with Crippen LogP contribution in [0, 0.1) is 0 Å². The lowest BCUT2D eigenvalue weighted by Crippen LogP contribution is -2.52. The second-order valence-corrected chi connectivity index (χ2v) is 9.73. The average Bonchev–Trinajstić information content (AvgIpc) is 2.70. The molecule has 2 aromatic rings. The third-order valence-electron chi connectivity index (χ3n) is 4.95. The summed E-state index contributed by atoms with van der Waals surface area (Å²) in [5.41, 5.74) is 1.86. The Labute approximate surface area is 177 Å². The summed E-state index contributed by atoms with van der Waals surface area (Å²) in [6.45, 7) is 2.45. The smallest absolute Gasteiger partial charge is 0.236 e. The third-order valence-corrected chi connectivity index (χ3v) is 7.05. The average molecular weight is 436 g/mol. The van der Waals surface area contributed by atoms with Gasteiger partial charge in [-0.1, -0.05) is 54.1 Å². The van der Waals surface area contributed by atoms with E-state index in [2.05, 4.69) is 0 Å². The fraction of sp³-hybridized carbons (Fsp3) is 0.381. The van der Waals surface area contributed by atoms with E-state index in [0.29, 0.717) is 44.3 Å². The van der Waals surface area contributed by atoms with Crippen LogP contribution in [0.4, 0.5) is 0 Å². The Bertz CT molecular complexity index is 912. The molecule has 1 aliphatic heterocycles. The molecule has 6 nitrogen and oxygen atoms in total. The van der Waals surface area contributed by atoms with Gasteiger partial charge in [0.2, 0.25) is 15.9 Å². The van der Waals surface area contributed by atoms with Crippen LogP contribution in [0.3, 0.4) is 0 Å². The molecular weight excluding hydrogens is 410 g/mol. The Kier molecular flexibility index (Phi) is 7.29. The van der Waals surface area contributed by atoms with Crippen LogP contribution in [0.25, 0.3) is 0 Å². The Morgan fingerprint density at radius 3 is 2.21 bits per heavy atom. The molecule has 0 atom stereocenters. The first-order valence-corrected chi connectivity index (χ1v) is 11.5. The molecule has 0 radical (unpaired) electrons. The number of benzene rings is 2. The maximum Gasteiger partial charge on any atom is 0.236 e. The summed E-state index contributed by atoms with van der Waals surface area (Å²) < 4.78 is 26.8. The number of likely N-dealkylation sites (N-methyl/N-ethyl adjacent to an activating group) is 1. The van der Waals surface area contributed by atoms with Gasteiger partial charge in [0.1, 0.15) is 0 Å². The van der Waals surface area contributed by atoms with Gasteiger partial charge in [-0.05, 0) is 30.3 Å². The fourth-order valence-corrected chi connectivity index (χ4v) is 5.02. The topological polar surface area (TPSA) is 60.9 Å². The summed E-state index contributed by atoms with van der Waals surface area (Å²) >= 11 is 5.90. The highest BCUT2D eigenvalue weighted by Crippen LogP contribution is 2.14. The number of hydrogen-bond acceptors (Lipinski definition) is 4. The molecule has 1 fully saturated rings. The highest BCUT2D eigenvalue weighted by Gasteiger charge is 2.29. The zero-order chi connectivity index (χ0) is 20.9. The number of rotatable bonds is 7. The van der Waals surface area contributed by atoms with Gasteiger partial charge in [0.05, 0.1) is 12.3 Å². The zero-order valence-electron chi connectivity index (χ0n) is 16.5. The normalized spacial score (nSPS) is 15.6. The molecule has 0 aromatic heterocycles. The number of hydrogen-bond donors (Lipinski definition) is 0. The molecule has 0 saturated carbocycles. The van der Waals surface area contributed by atoms with E-state index in [0.717, 1.165) is 11.1 Å². The van der Waals surface area contributed by atoms with Gasteiger partial charge in [0.15, 0.2) is 0 Å². The van der Waals surface area contributed by atoms with Crippen molar-refractivity contribution in [1.29, 1.82) is 0 Å². The molecule has 156 valence electrons. The van der Waals surface area contributed by atoms with E-state index in [1.807, 2.05) is 66.5 Å². The van der Waals surface area contributed by atoms with Crippen LogP contribution >= 0.6 is 11.6 Å². The van der Waals surface area contributed by atoms with Crippen LogP contribution in [-0.4, -0.2) is 68.2 Å². The largest absolute Gasteiger partial charge is 0.339 e. The fourth-order valence-electron chi connectivity index (χ4n) is 3.38. The van der Waals surface area contributed by atoms with Gasteiger partial charge in [0, 0.05) is 37.7 Å². The predicted octanol–water partition coefficient (Wildman–Crippen LogP) is 2.45. The van der Waals surface area contributed by atoms with Crippen molar-refractivity contribution in [3.05, 3.63) is 70.7 Å². The summed E-state index contributed by atoms with van der Waals surface area (Å²) in [5.74, 6) is 0.00703. The van der Waals surface area contributed by atoms with E-state index in [1.165, 1.54) is 4.31 Å². The predicted molar refractivity (Wildman–Crippen MR) is 115 cm³/mol. The molecule has 0 bridgehead atoms. The molecule has 29 heavy (non-hydrogen) atoms. The van der Waals surface area contributed by atoms with Gasteiger partial charge in [0.25, 0.3) is 0 Å². The minimum atomic E-state index is -3.38. The second-order valence-electron chi connectivity index (χ2n) is 7.32. The Balaban J connectivity index is 1.48. The summed E-state index contributed by atoms with van der Waals surface area (Å²) in [6, 6.07) is 16.7. The molecular formula is C21H26ClN3O3S. The Morgan fingerprint density at radius 2 is 1.59 bits per heavy atom. The number of halogens is 1. The van der Waals surface area contributed by atoms with E-state index in [9.17, 15) is 13.2 Å². The van der Waals surface area contributed by atoms with Gasteiger partial charge < -0.3 is 4.90 Å². The minimum absolute atomic E-state index is 0.00832. The van der Waals surface area contributed by atoms with Crippen molar-refractivity contribution in [3.8, 4) is 0 Å². The minimum Gasteiger partial charge on any atom is -0.339 e. The van der Waals surface area contributed by atoms with Gasteiger partial charge in [-0.25, -0.2) is 8.42 Å². The molecule has 1 amide bonds. The number of piperazine rings is 1. The third kappa shape index (κ3) is 6.27. The SMILES string of the molecule is CN(CC(=O)N1CCN(S(=O)(=O)Cc2ccccc2)CC1)Cc1ccc(Cl)cc1. The van der Waals surface area contributed by atoms with E-state index >= 15 is 0 Å². The molecule has 0 N–H and O–H groups in total. The standard InChI is InChI=1S/C21H26ClN3O3S/c1-23(15-18-7-9-20(22)10-8-18)16-21(26)24-11-13-25(14-12-24)29(27,28)17-19-5-3-2-4-6-19/h2-10H,11-17H2,1H3. The maximum absolute atomic E-state index is 12.6. The number of carbonyl (C=O) groups is 1. The lowest BCUT2D eigenvalue weighted by Gasteiger charge is -2.34. The number of amides is 1. The van der Waals surface area contributed by atoms with Crippen molar-refractivity contribution in [2.45, 2.75) is 12.3 Å². The second kappa shape index (κ2) is 9.71. The lowest BCUT2D eigenvalue weighted by molar-refractivity contribution is -0.133. The van der Waals surface area contributed by atoms with Gasteiger partial charge >= 0.3 is 0 Å². The molecule has 8 heteroatoms. The van der Waals surface area contributed by atoms with E-state index in [1.54, 1.807) is 4.90 Å². The van der Waals surface area contributed by atoms with Crippen molar-refractivity contribution in [2.75, 3.05) is 39.8 Å². The molecule has 0 aliphatic carbocycles. The molecule has 0 unspecified atom stereocenters. The number of sulfonamides is 1. The van der Waals surface area contributed by atoms with Crippen molar-refractivity contribution in [2.24, 2.45) is 0 Å². The Hall–Kier alpha value is -1.93. The first kappa shape index (κ1) is 21.8. The molecule has 2 aromatic carbocycles. The number of nitrogens with zero attached hydrogens (tertiary/aromatic N) is 3. The van der Waals surface area contributed by atoms with Crippen LogP contribution in [0.1, 0.15) is 11.1 Å². The van der Waals surface area contributed by atoms with Crippen molar-refractivity contribution in [1.82, 2.24) is 14.1 Å². The van der Waals surface area contributed by atoms with Crippen molar-refractivity contribution >= 4 is 27.5 Å². The molecule has 3 rings (SSSR count). The first-order chi connectivity index (χ1) is 13.8. The quantitative estimate of drug-likeness (QED) is 0.670. The van der Waals surface area contributed by atoms with Crippen LogP contribution in [0.5, 0.6) is 0 Å². The first-order valence-electron chi connectivity index (χ1n) is 9.56. The summed E-state index contributed by atoms with van der Waals surface area (Å²) in [5, 5.41) is 0.688. The lowest BCUT2D eigenvalue weighted by atomic mass is 10.2. The molecule has 1 saturated heterocycles. The van der Waals surface area contributed by atoms with Crippen LogP contribution in [0.15, 0.2) is 54.6 Å². The highest BCUT2D eigenvalue weighted by atomic mass is 35.5. The zero-order valence-corrected chi connectivity index (χ0v) is 18.1. The van der Waals surface area contributed by atoms with E-state index in [-0.39, 0.29) is 11.7 Å². The summed E-state index contributed by atoms with van der Waals surface area (Å²) in [4.78, 5) is 16.3. The highest BCUT2D eigenvalue weighted by molar-refractivity contribution is 7.88. The monoisotopic (exact) mass is 435 g/mol. The molecule has 1 heterocycles. The Morgan fingerprint density at radius 1 is 0.966 bits per heavy atom. The van der Waals surface area contributed by atoms with Crippen molar-refractivity contribution < 1.29 is 13.2 Å². The summed E-state index contributed by atoms with van der Waals surface area (Å²) in [7, 11) is -1.48. The summed E-state index contributed by atoms with van der Waals surface area (Å²) in [6.07, 6.45) is 0. The van der Waals surface area contributed by atoms with E-state index < -0.39 is 10.0 Å². The number of carbonyl (C=O) groups excluding carboxylic acids is 1. The van der Waals surface area contributed by atoms with E-state index in [4.69, 9.17) is 11.6 Å². The van der Waals surface area contributed by atoms with Crippen molar-refractivity contribution in [3.63, 3.8) is 0 Å². The van der Waals surface area contributed by atoms with Crippen LogP contribution in [0.2, 0.25) is 5.02 Å². The van der Waals surface area contributed by atoms with Gasteiger partial charge in [-0.2, -0.15) is 4.31 Å². The van der Waals surface area contributed by atoms with Crippen LogP contribution in [-0.2, 0) is 27.1 Å². The molecule has 0 spiro atoms. The van der Waals surface area contributed by atoms with Gasteiger partial charge in [-0.15, -0.1) is 0 Å². The molecule has 1 aliphatic rings. The van der Waals surface area contributed by atoms with Crippen LogP contribution < -0.4 is 0 Å².